The maximum atomic E-state index is 3.45. The molecule has 0 amide bonds. The van der Waals surface area contributed by atoms with Gasteiger partial charge in [0.25, 0.3) is 0 Å². The van der Waals surface area contributed by atoms with Crippen molar-refractivity contribution in [1.82, 2.24) is 0 Å². The lowest BCUT2D eigenvalue weighted by Crippen LogP contribution is -1.96. The van der Waals surface area contributed by atoms with Crippen LogP contribution < -0.4 is 10.6 Å². The van der Waals surface area contributed by atoms with Gasteiger partial charge in [-0.25, -0.2) is 0 Å². The summed E-state index contributed by atoms with van der Waals surface area (Å²) in [4.78, 5) is 0. The molecular weight excluding hydrogens is 352 g/mol. The average Bonchev–Trinajstić information content (AvgIpc) is 2.76. The molecule has 0 saturated carbocycles. The summed E-state index contributed by atoms with van der Waals surface area (Å²) in [6.07, 6.45) is 4.23. The highest BCUT2D eigenvalue weighted by Crippen LogP contribution is 2.25. The summed E-state index contributed by atoms with van der Waals surface area (Å²) in [5, 5.41) is 6.86. The summed E-state index contributed by atoms with van der Waals surface area (Å²) in [5.41, 5.74) is 8.06. The molecule has 3 aromatic rings. The van der Waals surface area contributed by atoms with Gasteiger partial charge in [-0.05, 0) is 74.4 Å². The van der Waals surface area contributed by atoms with Crippen LogP contribution in [0.2, 0.25) is 0 Å². The zero-order chi connectivity index (χ0) is 21.1. The lowest BCUT2D eigenvalue weighted by molar-refractivity contribution is 1.34. The Morgan fingerprint density at radius 1 is 0.655 bits per heavy atom. The maximum Gasteiger partial charge on any atom is 0.0384 e. The molecule has 2 N–H and O–H groups in total. The van der Waals surface area contributed by atoms with Crippen molar-refractivity contribution < 1.29 is 0 Å². The van der Waals surface area contributed by atoms with Crippen LogP contribution in [0.4, 0.5) is 17.1 Å². The van der Waals surface area contributed by atoms with Gasteiger partial charge in [0.15, 0.2) is 0 Å². The summed E-state index contributed by atoms with van der Waals surface area (Å²) >= 11 is 0. The molecule has 0 aliphatic carbocycles. The topological polar surface area (TPSA) is 24.1 Å². The van der Waals surface area contributed by atoms with Crippen molar-refractivity contribution >= 4 is 17.1 Å². The molecule has 2 nitrogen and oxygen atoms in total. The molecule has 0 fully saturated rings. The van der Waals surface area contributed by atoms with E-state index in [1.165, 1.54) is 16.7 Å². The number of benzene rings is 3. The first-order valence-electron chi connectivity index (χ1n) is 10.2. The lowest BCUT2D eigenvalue weighted by Gasteiger charge is -2.10. The van der Waals surface area contributed by atoms with Crippen LogP contribution in [0.3, 0.4) is 0 Å². The van der Waals surface area contributed by atoms with Crippen molar-refractivity contribution in [3.05, 3.63) is 102 Å². The van der Waals surface area contributed by atoms with Crippen LogP contribution in [-0.4, -0.2) is 0 Å². The summed E-state index contributed by atoms with van der Waals surface area (Å²) in [6, 6.07) is 27.3. The molecule has 0 aliphatic heterocycles. The monoisotopic (exact) mass is 384 g/mol. The summed E-state index contributed by atoms with van der Waals surface area (Å²) in [5.74, 6) is 0. The average molecular weight is 385 g/mol. The fourth-order valence-electron chi connectivity index (χ4n) is 2.85. The zero-order valence-electron chi connectivity index (χ0n) is 18.2. The van der Waals surface area contributed by atoms with Crippen molar-refractivity contribution in [1.29, 1.82) is 0 Å². The second-order valence-electron chi connectivity index (χ2n) is 6.74. The molecule has 150 valence electrons. The molecule has 3 rings (SSSR count). The largest absolute Gasteiger partial charge is 0.356 e. The van der Waals surface area contributed by atoms with Gasteiger partial charge in [-0.2, -0.15) is 0 Å². The van der Waals surface area contributed by atoms with E-state index < -0.39 is 0 Å². The highest BCUT2D eigenvalue weighted by Gasteiger charge is 2.00. The first-order chi connectivity index (χ1) is 14.1. The number of nitrogens with one attached hydrogen (secondary N) is 2. The summed E-state index contributed by atoms with van der Waals surface area (Å²) in [7, 11) is 0. The van der Waals surface area contributed by atoms with E-state index in [9.17, 15) is 0 Å². The molecule has 0 unspecified atom stereocenters. The highest BCUT2D eigenvalue weighted by molar-refractivity contribution is 5.70. The van der Waals surface area contributed by atoms with Crippen LogP contribution in [0.5, 0.6) is 0 Å². The van der Waals surface area contributed by atoms with E-state index in [4.69, 9.17) is 0 Å². The van der Waals surface area contributed by atoms with Gasteiger partial charge >= 0.3 is 0 Å². The Labute approximate surface area is 176 Å². The molecule has 2 heteroatoms. The highest BCUT2D eigenvalue weighted by atomic mass is 14.9. The van der Waals surface area contributed by atoms with Crippen LogP contribution in [0.1, 0.15) is 34.6 Å². The van der Waals surface area contributed by atoms with Gasteiger partial charge in [0.1, 0.15) is 0 Å². The number of anilines is 3. The van der Waals surface area contributed by atoms with Crippen molar-refractivity contribution in [2.24, 2.45) is 0 Å². The minimum atomic E-state index is 1.09. The Balaban J connectivity index is 0.00000145. The van der Waals surface area contributed by atoms with Crippen molar-refractivity contribution in [3.8, 4) is 11.1 Å². The molecule has 0 heterocycles. The molecule has 0 atom stereocenters. The molecular formula is C27H32N2. The van der Waals surface area contributed by atoms with E-state index in [2.05, 4.69) is 97.3 Å². The molecule has 3 aromatic carbocycles. The van der Waals surface area contributed by atoms with Crippen LogP contribution in [0.25, 0.3) is 11.1 Å². The van der Waals surface area contributed by atoms with Crippen molar-refractivity contribution in [3.63, 3.8) is 0 Å². The third-order valence-electron chi connectivity index (χ3n) is 4.21. The van der Waals surface area contributed by atoms with Crippen LogP contribution in [0.15, 0.2) is 102 Å². The summed E-state index contributed by atoms with van der Waals surface area (Å²) < 4.78 is 0. The van der Waals surface area contributed by atoms with Gasteiger partial charge in [0.05, 0.1) is 0 Å². The standard InChI is InChI=1S/C25H26N2.C2H6/c1-4-22(18-19(2)3)26-24-14-10-20(11-15-24)21-12-16-25(17-13-21)27-23-8-6-5-7-9-23;1-2/h4-18,26-27H,1-3H3;1-2H3/b22-4+;. The number of allylic oxidation sites excluding steroid dienone is 3. The first kappa shape index (κ1) is 22.0. The number of hydrogen-bond donors (Lipinski definition) is 2. The predicted octanol–water partition coefficient (Wildman–Crippen LogP) is 8.41. The smallest absolute Gasteiger partial charge is 0.0384 e. The van der Waals surface area contributed by atoms with Crippen LogP contribution in [0, 0.1) is 0 Å². The van der Waals surface area contributed by atoms with Gasteiger partial charge in [-0.15, -0.1) is 0 Å². The molecule has 29 heavy (non-hydrogen) atoms. The van der Waals surface area contributed by atoms with E-state index in [-0.39, 0.29) is 0 Å². The number of hydrogen-bond acceptors (Lipinski definition) is 2. The summed E-state index contributed by atoms with van der Waals surface area (Å²) in [6.45, 7) is 10.2. The molecule has 0 aromatic heterocycles. The van der Waals surface area contributed by atoms with Gasteiger partial charge < -0.3 is 10.6 Å². The van der Waals surface area contributed by atoms with Gasteiger partial charge in [0, 0.05) is 22.8 Å². The van der Waals surface area contributed by atoms with E-state index in [0.29, 0.717) is 0 Å². The van der Waals surface area contributed by atoms with Crippen molar-refractivity contribution in [2.75, 3.05) is 10.6 Å². The number of para-hydroxylation sites is 1. The molecule has 0 aliphatic rings. The zero-order valence-corrected chi connectivity index (χ0v) is 18.2. The van der Waals surface area contributed by atoms with E-state index in [1.807, 2.05) is 39.0 Å². The van der Waals surface area contributed by atoms with E-state index in [1.54, 1.807) is 0 Å². The SMILES string of the molecule is C/C=C(\C=C(C)C)Nc1ccc(-c2ccc(Nc3ccccc3)cc2)cc1.CC. The normalized spacial score (nSPS) is 10.4. The second-order valence-corrected chi connectivity index (χ2v) is 6.74. The van der Waals surface area contributed by atoms with E-state index >= 15 is 0 Å². The fourth-order valence-corrected chi connectivity index (χ4v) is 2.85. The predicted molar refractivity (Wildman–Crippen MR) is 130 cm³/mol. The second kappa shape index (κ2) is 11.6. The quantitative estimate of drug-likeness (QED) is 0.417. The lowest BCUT2D eigenvalue weighted by atomic mass is 10.0. The third kappa shape index (κ3) is 7.00. The Morgan fingerprint density at radius 3 is 1.62 bits per heavy atom. The van der Waals surface area contributed by atoms with Gasteiger partial charge in [-0.3, -0.25) is 0 Å². The van der Waals surface area contributed by atoms with Crippen LogP contribution in [-0.2, 0) is 0 Å². The van der Waals surface area contributed by atoms with Crippen LogP contribution >= 0.6 is 0 Å². The van der Waals surface area contributed by atoms with Gasteiger partial charge in [0.2, 0.25) is 0 Å². The molecule has 0 saturated heterocycles. The minimum absolute atomic E-state index is 1.09. The Hall–Kier alpha value is -3.26. The van der Waals surface area contributed by atoms with Crippen molar-refractivity contribution in [2.45, 2.75) is 34.6 Å². The Morgan fingerprint density at radius 2 is 1.14 bits per heavy atom. The molecule has 0 radical (unpaired) electrons. The number of rotatable bonds is 6. The molecule has 0 spiro atoms. The fraction of sp³-hybridized carbons (Fsp3) is 0.185. The van der Waals surface area contributed by atoms with E-state index in [0.717, 1.165) is 22.8 Å². The Kier molecular flexibility index (Phi) is 8.78. The minimum Gasteiger partial charge on any atom is -0.356 e. The molecule has 0 bridgehead atoms. The maximum absolute atomic E-state index is 3.45. The first-order valence-corrected chi connectivity index (χ1v) is 10.2. The van der Waals surface area contributed by atoms with Gasteiger partial charge in [-0.1, -0.05) is 68.0 Å². The third-order valence-corrected chi connectivity index (χ3v) is 4.21. The Bertz CT molecular complexity index is 915.